The van der Waals surface area contributed by atoms with E-state index in [0.29, 0.717) is 41.8 Å². The van der Waals surface area contributed by atoms with E-state index in [9.17, 15) is 18.0 Å². The Morgan fingerprint density at radius 2 is 1.83 bits per heavy atom. The largest absolute Gasteiger partial charge is 0.416 e. The second-order valence-corrected chi connectivity index (χ2v) is 5.59. The predicted octanol–water partition coefficient (Wildman–Crippen LogP) is 4.17. The van der Waals surface area contributed by atoms with Crippen molar-refractivity contribution in [3.05, 3.63) is 64.7 Å². The number of carbonyl (C=O) groups excluding carboxylic acids is 1. The fraction of sp³-hybridized carbons (Fsp3) is 0.222. The van der Waals surface area contributed by atoms with Gasteiger partial charge in [-0.2, -0.15) is 18.4 Å². The van der Waals surface area contributed by atoms with Gasteiger partial charge in [-0.25, -0.2) is 0 Å². The van der Waals surface area contributed by atoms with Crippen molar-refractivity contribution in [3.63, 3.8) is 0 Å². The third-order valence-corrected chi connectivity index (χ3v) is 4.03. The number of fused-ring (bicyclic) bond motifs is 1. The van der Waals surface area contributed by atoms with Crippen LogP contribution in [0.3, 0.4) is 0 Å². The van der Waals surface area contributed by atoms with Crippen molar-refractivity contribution in [3.8, 4) is 6.07 Å². The minimum absolute atomic E-state index is 0.278. The molecule has 0 spiro atoms. The van der Waals surface area contributed by atoms with Crippen LogP contribution in [0.15, 0.2) is 42.5 Å². The van der Waals surface area contributed by atoms with Gasteiger partial charge in [0.25, 0.3) is 5.91 Å². The monoisotopic (exact) mass is 330 g/mol. The van der Waals surface area contributed by atoms with Gasteiger partial charge in [0.1, 0.15) is 0 Å². The van der Waals surface area contributed by atoms with Crippen LogP contribution in [0.4, 0.5) is 18.9 Å². The number of amides is 1. The molecule has 1 heterocycles. The molecule has 2 aromatic rings. The first-order chi connectivity index (χ1) is 11.4. The first-order valence-electron chi connectivity index (χ1n) is 7.42. The van der Waals surface area contributed by atoms with Crippen molar-refractivity contribution in [2.75, 3.05) is 11.4 Å². The molecule has 1 aliphatic heterocycles. The van der Waals surface area contributed by atoms with E-state index in [2.05, 4.69) is 0 Å². The Balaban J connectivity index is 1.94. The number of anilines is 1. The fourth-order valence-corrected chi connectivity index (χ4v) is 2.83. The zero-order chi connectivity index (χ0) is 17.3. The van der Waals surface area contributed by atoms with Crippen LogP contribution in [0.1, 0.15) is 33.5 Å². The summed E-state index contributed by atoms with van der Waals surface area (Å²) >= 11 is 0. The van der Waals surface area contributed by atoms with Crippen LogP contribution in [0.5, 0.6) is 0 Å². The molecule has 0 saturated heterocycles. The second kappa shape index (κ2) is 6.00. The molecule has 0 atom stereocenters. The normalized spacial score (nSPS) is 14.0. The summed E-state index contributed by atoms with van der Waals surface area (Å²) in [5.41, 5.74) is 1.19. The summed E-state index contributed by atoms with van der Waals surface area (Å²) in [4.78, 5) is 14.2. The fourth-order valence-electron chi connectivity index (χ4n) is 2.83. The lowest BCUT2D eigenvalue weighted by Crippen LogP contribution is -2.35. The van der Waals surface area contributed by atoms with Gasteiger partial charge in [0.2, 0.25) is 0 Å². The van der Waals surface area contributed by atoms with Crippen molar-refractivity contribution in [1.82, 2.24) is 0 Å². The molecule has 2 aromatic carbocycles. The summed E-state index contributed by atoms with van der Waals surface area (Å²) in [6.07, 6.45) is -3.28. The Labute approximate surface area is 136 Å². The van der Waals surface area contributed by atoms with Crippen LogP contribution >= 0.6 is 0 Å². The maximum atomic E-state index is 12.8. The summed E-state index contributed by atoms with van der Waals surface area (Å²) in [7, 11) is 0. The van der Waals surface area contributed by atoms with Gasteiger partial charge in [-0.15, -0.1) is 0 Å². The van der Waals surface area contributed by atoms with E-state index in [-0.39, 0.29) is 5.91 Å². The Bertz CT molecular complexity index is 820. The molecule has 24 heavy (non-hydrogen) atoms. The SMILES string of the molecule is N#Cc1ccc(C(=O)N2CCCc3cc(C(F)(F)F)ccc32)cc1. The number of carbonyl (C=O) groups is 1. The topological polar surface area (TPSA) is 44.1 Å². The highest BCUT2D eigenvalue weighted by Crippen LogP contribution is 2.35. The maximum Gasteiger partial charge on any atom is 0.416 e. The summed E-state index contributed by atoms with van der Waals surface area (Å²) in [5.74, 6) is -0.278. The minimum Gasteiger partial charge on any atom is -0.308 e. The molecule has 3 rings (SSSR count). The average molecular weight is 330 g/mol. The molecular formula is C18H13F3N2O. The molecular weight excluding hydrogens is 317 g/mol. The van der Waals surface area contributed by atoms with Crippen LogP contribution in [-0.4, -0.2) is 12.5 Å². The summed E-state index contributed by atoms with van der Waals surface area (Å²) < 4.78 is 38.5. The van der Waals surface area contributed by atoms with Crippen LogP contribution in [0, 0.1) is 11.3 Å². The van der Waals surface area contributed by atoms with Gasteiger partial charge in [0.15, 0.2) is 0 Å². The smallest absolute Gasteiger partial charge is 0.308 e. The van der Waals surface area contributed by atoms with Crippen LogP contribution in [-0.2, 0) is 12.6 Å². The molecule has 0 unspecified atom stereocenters. The van der Waals surface area contributed by atoms with Gasteiger partial charge in [0.05, 0.1) is 17.2 Å². The Morgan fingerprint density at radius 3 is 2.46 bits per heavy atom. The number of rotatable bonds is 1. The number of aryl methyl sites for hydroxylation is 1. The Hall–Kier alpha value is -2.81. The van der Waals surface area contributed by atoms with E-state index < -0.39 is 11.7 Å². The standard InChI is InChI=1S/C18H13F3N2O/c19-18(20,21)15-7-8-16-14(10-15)2-1-9-23(16)17(24)13-5-3-12(11-22)4-6-13/h3-8,10H,1-2,9H2. The summed E-state index contributed by atoms with van der Waals surface area (Å²) in [5, 5.41) is 8.80. The third kappa shape index (κ3) is 2.98. The lowest BCUT2D eigenvalue weighted by atomic mass is 9.98. The number of hydrogen-bond donors (Lipinski definition) is 0. The lowest BCUT2D eigenvalue weighted by molar-refractivity contribution is -0.137. The molecule has 0 aliphatic carbocycles. The molecule has 3 nitrogen and oxygen atoms in total. The highest BCUT2D eigenvalue weighted by Gasteiger charge is 2.32. The van der Waals surface area contributed by atoms with Crippen molar-refractivity contribution in [2.45, 2.75) is 19.0 Å². The molecule has 6 heteroatoms. The van der Waals surface area contributed by atoms with E-state index in [1.54, 1.807) is 24.3 Å². The number of alkyl halides is 3. The second-order valence-electron chi connectivity index (χ2n) is 5.59. The summed E-state index contributed by atoms with van der Waals surface area (Å²) in [6.45, 7) is 0.456. The van der Waals surface area contributed by atoms with Crippen molar-refractivity contribution in [1.29, 1.82) is 5.26 Å². The van der Waals surface area contributed by atoms with Crippen LogP contribution < -0.4 is 4.90 Å². The molecule has 0 fully saturated rings. The van der Waals surface area contributed by atoms with Crippen LogP contribution in [0.2, 0.25) is 0 Å². The zero-order valence-corrected chi connectivity index (χ0v) is 12.6. The molecule has 0 radical (unpaired) electrons. The van der Waals surface area contributed by atoms with E-state index in [1.165, 1.54) is 11.0 Å². The van der Waals surface area contributed by atoms with Gasteiger partial charge in [-0.1, -0.05) is 0 Å². The van der Waals surface area contributed by atoms with E-state index in [1.807, 2.05) is 6.07 Å². The summed E-state index contributed by atoms with van der Waals surface area (Å²) in [6, 6.07) is 11.7. The number of hydrogen-bond acceptors (Lipinski definition) is 2. The van der Waals surface area contributed by atoms with E-state index in [0.717, 1.165) is 12.1 Å². The molecule has 122 valence electrons. The maximum absolute atomic E-state index is 12.8. The number of halogens is 3. The quantitative estimate of drug-likeness (QED) is 0.788. The highest BCUT2D eigenvalue weighted by molar-refractivity contribution is 6.06. The van der Waals surface area contributed by atoms with Crippen molar-refractivity contribution in [2.24, 2.45) is 0 Å². The first-order valence-corrected chi connectivity index (χ1v) is 7.42. The van der Waals surface area contributed by atoms with Gasteiger partial charge in [0, 0.05) is 17.8 Å². The van der Waals surface area contributed by atoms with E-state index in [4.69, 9.17) is 5.26 Å². The average Bonchev–Trinajstić information content (AvgIpc) is 2.59. The first kappa shape index (κ1) is 16.1. The van der Waals surface area contributed by atoms with E-state index >= 15 is 0 Å². The predicted molar refractivity (Wildman–Crippen MR) is 82.6 cm³/mol. The minimum atomic E-state index is -4.39. The van der Waals surface area contributed by atoms with Crippen molar-refractivity contribution < 1.29 is 18.0 Å². The third-order valence-electron chi connectivity index (χ3n) is 4.03. The molecule has 1 amide bonds. The van der Waals surface area contributed by atoms with Gasteiger partial charge in [-0.05, 0) is 60.9 Å². The van der Waals surface area contributed by atoms with Gasteiger partial charge in [-0.3, -0.25) is 4.79 Å². The number of benzene rings is 2. The highest BCUT2D eigenvalue weighted by atomic mass is 19.4. The number of nitrogens with zero attached hydrogens (tertiary/aromatic N) is 2. The molecule has 0 bridgehead atoms. The molecule has 0 N–H and O–H groups in total. The lowest BCUT2D eigenvalue weighted by Gasteiger charge is -2.30. The molecule has 0 saturated carbocycles. The van der Waals surface area contributed by atoms with Crippen molar-refractivity contribution >= 4 is 11.6 Å². The Kier molecular flexibility index (Phi) is 4.02. The Morgan fingerprint density at radius 1 is 1.12 bits per heavy atom. The van der Waals surface area contributed by atoms with Crippen LogP contribution in [0.25, 0.3) is 0 Å². The van der Waals surface area contributed by atoms with Gasteiger partial charge < -0.3 is 4.90 Å². The van der Waals surface area contributed by atoms with Gasteiger partial charge >= 0.3 is 6.18 Å². The molecule has 0 aromatic heterocycles. The zero-order valence-electron chi connectivity index (χ0n) is 12.6. The number of nitriles is 1. The molecule has 1 aliphatic rings.